The summed E-state index contributed by atoms with van der Waals surface area (Å²) in [7, 11) is 1.78. The van der Waals surface area contributed by atoms with E-state index < -0.39 is 0 Å². The molecule has 84 valence electrons. The summed E-state index contributed by atoms with van der Waals surface area (Å²) in [4.78, 5) is 2.39. The van der Waals surface area contributed by atoms with Crippen LogP contribution in [-0.2, 0) is 4.74 Å². The molecule has 1 rings (SSSR count). The van der Waals surface area contributed by atoms with Crippen LogP contribution in [-0.4, -0.2) is 55.5 Å². The van der Waals surface area contributed by atoms with E-state index >= 15 is 0 Å². The highest BCUT2D eigenvalue weighted by molar-refractivity contribution is 4.73. The Morgan fingerprint density at radius 3 is 2.64 bits per heavy atom. The fraction of sp³-hybridized carbons (Fsp3) is 1.00. The topological polar surface area (TPSA) is 58.7 Å². The summed E-state index contributed by atoms with van der Waals surface area (Å²) < 4.78 is 5.29. The maximum Gasteiger partial charge on any atom is 0.0595 e. The Bertz CT molecular complexity index is 147. The number of aliphatic hydroxyl groups is 1. The lowest BCUT2D eigenvalue weighted by atomic mass is 10.1. The molecule has 4 heteroatoms. The maximum atomic E-state index is 8.78. The molecule has 1 atom stereocenters. The smallest absolute Gasteiger partial charge is 0.0595 e. The van der Waals surface area contributed by atoms with Gasteiger partial charge in [-0.05, 0) is 25.8 Å². The van der Waals surface area contributed by atoms with Gasteiger partial charge in [-0.3, -0.25) is 0 Å². The average molecular weight is 202 g/mol. The summed E-state index contributed by atoms with van der Waals surface area (Å²) in [6.45, 7) is 3.28. The molecule has 0 bridgehead atoms. The van der Waals surface area contributed by atoms with E-state index in [0.717, 1.165) is 38.9 Å². The zero-order valence-corrected chi connectivity index (χ0v) is 8.98. The van der Waals surface area contributed by atoms with Gasteiger partial charge < -0.3 is 20.5 Å². The van der Waals surface area contributed by atoms with Gasteiger partial charge in [0.15, 0.2) is 0 Å². The first-order valence-corrected chi connectivity index (χ1v) is 5.38. The first-order chi connectivity index (χ1) is 6.76. The third-order valence-electron chi connectivity index (χ3n) is 2.92. The third-order valence-corrected chi connectivity index (χ3v) is 2.92. The van der Waals surface area contributed by atoms with Gasteiger partial charge in [0, 0.05) is 26.2 Å². The molecule has 14 heavy (non-hydrogen) atoms. The number of hydrogen-bond acceptors (Lipinski definition) is 4. The molecule has 1 saturated heterocycles. The van der Waals surface area contributed by atoms with Gasteiger partial charge in [0.2, 0.25) is 0 Å². The summed E-state index contributed by atoms with van der Waals surface area (Å²) in [6, 6.07) is -0.0600. The highest BCUT2D eigenvalue weighted by Crippen LogP contribution is 2.12. The summed E-state index contributed by atoms with van der Waals surface area (Å²) in [5.74, 6) is 0. The van der Waals surface area contributed by atoms with Gasteiger partial charge in [0.1, 0.15) is 0 Å². The van der Waals surface area contributed by atoms with E-state index in [0.29, 0.717) is 6.10 Å². The number of likely N-dealkylation sites (tertiary alicyclic amines) is 1. The molecule has 1 aliphatic rings. The maximum absolute atomic E-state index is 8.78. The van der Waals surface area contributed by atoms with Crippen molar-refractivity contribution in [2.45, 2.75) is 31.4 Å². The van der Waals surface area contributed by atoms with Crippen molar-refractivity contribution in [3.63, 3.8) is 0 Å². The lowest BCUT2D eigenvalue weighted by Crippen LogP contribution is -2.39. The Kier molecular flexibility index (Phi) is 5.40. The number of nitrogens with two attached hydrogens (primary N) is 1. The van der Waals surface area contributed by atoms with E-state index in [1.807, 2.05) is 0 Å². The molecule has 0 aromatic heterocycles. The second-order valence-corrected chi connectivity index (χ2v) is 4.01. The molecule has 1 fully saturated rings. The van der Waals surface area contributed by atoms with Crippen molar-refractivity contribution < 1.29 is 9.84 Å². The predicted molar refractivity (Wildman–Crippen MR) is 56.1 cm³/mol. The minimum absolute atomic E-state index is 0.0600. The molecule has 1 heterocycles. The minimum Gasteiger partial charge on any atom is -0.395 e. The Balaban J connectivity index is 2.10. The number of nitrogens with zero attached hydrogens (tertiary/aromatic N) is 1. The fourth-order valence-electron chi connectivity index (χ4n) is 1.81. The van der Waals surface area contributed by atoms with Gasteiger partial charge in [0.05, 0.1) is 12.7 Å². The number of methoxy groups -OCH3 is 1. The van der Waals surface area contributed by atoms with Crippen molar-refractivity contribution in [1.29, 1.82) is 0 Å². The highest BCUT2D eigenvalue weighted by atomic mass is 16.5. The van der Waals surface area contributed by atoms with Gasteiger partial charge in [-0.1, -0.05) is 0 Å². The third kappa shape index (κ3) is 3.92. The molecule has 1 aliphatic heterocycles. The van der Waals surface area contributed by atoms with Crippen LogP contribution in [0.1, 0.15) is 19.3 Å². The average Bonchev–Trinajstić information content (AvgIpc) is 2.26. The van der Waals surface area contributed by atoms with Crippen molar-refractivity contribution in [1.82, 2.24) is 4.90 Å². The standard InChI is InChI=1S/C10H22N2O2/c1-14-10-3-6-12(7-4-10)5-2-9(11)8-13/h9-10,13H,2-8,11H2,1H3. The molecule has 0 aromatic rings. The fourth-order valence-corrected chi connectivity index (χ4v) is 1.81. The predicted octanol–water partition coefficient (Wildman–Crippen LogP) is -0.193. The lowest BCUT2D eigenvalue weighted by Gasteiger charge is -2.31. The van der Waals surface area contributed by atoms with Crippen LogP contribution in [0.5, 0.6) is 0 Å². The molecule has 0 aromatic carbocycles. The van der Waals surface area contributed by atoms with Gasteiger partial charge in [0.25, 0.3) is 0 Å². The normalized spacial score (nSPS) is 22.5. The second kappa shape index (κ2) is 6.35. The first-order valence-electron chi connectivity index (χ1n) is 5.38. The van der Waals surface area contributed by atoms with Crippen LogP contribution in [0.2, 0.25) is 0 Å². The monoisotopic (exact) mass is 202 g/mol. The van der Waals surface area contributed by atoms with Crippen LogP contribution in [0.3, 0.4) is 0 Å². The Morgan fingerprint density at radius 2 is 2.14 bits per heavy atom. The lowest BCUT2D eigenvalue weighted by molar-refractivity contribution is 0.0399. The zero-order valence-electron chi connectivity index (χ0n) is 8.98. The quantitative estimate of drug-likeness (QED) is 0.648. The summed E-state index contributed by atoms with van der Waals surface area (Å²) >= 11 is 0. The SMILES string of the molecule is COC1CCN(CCC(N)CO)CC1. The summed E-state index contributed by atoms with van der Waals surface area (Å²) in [6.07, 6.45) is 3.56. The van der Waals surface area contributed by atoms with E-state index in [1.165, 1.54) is 0 Å². The molecule has 0 radical (unpaired) electrons. The minimum atomic E-state index is -0.0600. The van der Waals surface area contributed by atoms with Gasteiger partial charge in [-0.2, -0.15) is 0 Å². The van der Waals surface area contributed by atoms with Crippen molar-refractivity contribution in [3.8, 4) is 0 Å². The Morgan fingerprint density at radius 1 is 1.50 bits per heavy atom. The van der Waals surface area contributed by atoms with Gasteiger partial charge in [-0.25, -0.2) is 0 Å². The number of piperidine rings is 1. The van der Waals surface area contributed by atoms with Crippen LogP contribution in [0.4, 0.5) is 0 Å². The van der Waals surface area contributed by atoms with E-state index in [-0.39, 0.29) is 12.6 Å². The molecule has 0 aliphatic carbocycles. The molecule has 1 unspecified atom stereocenters. The number of rotatable bonds is 5. The van der Waals surface area contributed by atoms with E-state index in [9.17, 15) is 0 Å². The van der Waals surface area contributed by atoms with E-state index in [2.05, 4.69) is 4.90 Å². The van der Waals surface area contributed by atoms with Crippen LogP contribution in [0.15, 0.2) is 0 Å². The van der Waals surface area contributed by atoms with Crippen molar-refractivity contribution in [2.75, 3.05) is 33.4 Å². The molecular formula is C10H22N2O2. The molecule has 0 saturated carbocycles. The van der Waals surface area contributed by atoms with Crippen molar-refractivity contribution in [3.05, 3.63) is 0 Å². The van der Waals surface area contributed by atoms with Crippen molar-refractivity contribution >= 4 is 0 Å². The zero-order chi connectivity index (χ0) is 10.4. The first kappa shape index (κ1) is 11.9. The number of hydrogen-bond donors (Lipinski definition) is 2. The van der Waals surface area contributed by atoms with Crippen LogP contribution >= 0.6 is 0 Å². The van der Waals surface area contributed by atoms with E-state index in [4.69, 9.17) is 15.6 Å². The Hall–Kier alpha value is -0.160. The number of ether oxygens (including phenoxy) is 1. The summed E-state index contributed by atoms with van der Waals surface area (Å²) in [5, 5.41) is 8.78. The summed E-state index contributed by atoms with van der Waals surface area (Å²) in [5.41, 5.74) is 5.64. The van der Waals surface area contributed by atoms with E-state index in [1.54, 1.807) is 7.11 Å². The van der Waals surface area contributed by atoms with Gasteiger partial charge in [-0.15, -0.1) is 0 Å². The molecule has 4 nitrogen and oxygen atoms in total. The van der Waals surface area contributed by atoms with Crippen LogP contribution < -0.4 is 5.73 Å². The van der Waals surface area contributed by atoms with Crippen molar-refractivity contribution in [2.24, 2.45) is 5.73 Å². The molecule has 3 N–H and O–H groups in total. The van der Waals surface area contributed by atoms with Crippen LogP contribution in [0.25, 0.3) is 0 Å². The van der Waals surface area contributed by atoms with Crippen LogP contribution in [0, 0.1) is 0 Å². The second-order valence-electron chi connectivity index (χ2n) is 4.01. The molecule has 0 spiro atoms. The Labute approximate surface area is 86.0 Å². The molecular weight excluding hydrogens is 180 g/mol. The number of aliphatic hydroxyl groups excluding tert-OH is 1. The highest BCUT2D eigenvalue weighted by Gasteiger charge is 2.18. The van der Waals surface area contributed by atoms with Gasteiger partial charge >= 0.3 is 0 Å². The molecule has 0 amide bonds. The largest absolute Gasteiger partial charge is 0.395 e.